The van der Waals surface area contributed by atoms with E-state index < -0.39 is 0 Å². The Kier molecular flexibility index (Phi) is 4.98. The molecule has 0 spiro atoms. The van der Waals surface area contributed by atoms with Gasteiger partial charge in [0.15, 0.2) is 0 Å². The number of hydrogen-bond acceptors (Lipinski definition) is 3. The Morgan fingerprint density at radius 2 is 2.09 bits per heavy atom. The molecule has 1 saturated carbocycles. The molecule has 2 fully saturated rings. The van der Waals surface area contributed by atoms with Crippen LogP contribution in [0.25, 0.3) is 0 Å². The van der Waals surface area contributed by atoms with Crippen molar-refractivity contribution in [2.75, 3.05) is 6.54 Å². The van der Waals surface area contributed by atoms with Gasteiger partial charge in [-0.2, -0.15) is 0 Å². The Labute approximate surface area is 132 Å². The number of amides is 1. The normalized spacial score (nSPS) is 25.9. The van der Waals surface area contributed by atoms with Gasteiger partial charge in [-0.3, -0.25) is 4.79 Å². The monoisotopic (exact) mass is 302 g/mol. The summed E-state index contributed by atoms with van der Waals surface area (Å²) >= 11 is 0. The molecular formula is C18H26N2O2. The maximum absolute atomic E-state index is 12.4. The van der Waals surface area contributed by atoms with Gasteiger partial charge in [-0.1, -0.05) is 6.07 Å². The Hall–Kier alpha value is -1.55. The third-order valence-electron chi connectivity index (χ3n) is 4.66. The van der Waals surface area contributed by atoms with E-state index >= 15 is 0 Å². The SMILES string of the molecule is CC1CC(NC(=O)c2cccc(OC3CCCC3)c2)CCN1. The van der Waals surface area contributed by atoms with E-state index in [2.05, 4.69) is 17.6 Å². The maximum atomic E-state index is 12.4. The molecule has 2 aliphatic rings. The average Bonchev–Trinajstić information content (AvgIpc) is 3.00. The molecule has 0 radical (unpaired) electrons. The van der Waals surface area contributed by atoms with Crippen LogP contribution in [0.15, 0.2) is 24.3 Å². The number of rotatable bonds is 4. The van der Waals surface area contributed by atoms with Crippen molar-refractivity contribution in [2.45, 2.75) is 63.6 Å². The van der Waals surface area contributed by atoms with Crippen LogP contribution in [0.2, 0.25) is 0 Å². The fourth-order valence-electron chi connectivity index (χ4n) is 3.44. The lowest BCUT2D eigenvalue weighted by Gasteiger charge is -2.28. The summed E-state index contributed by atoms with van der Waals surface area (Å²) in [5, 5.41) is 6.56. The molecule has 1 aromatic carbocycles. The van der Waals surface area contributed by atoms with Gasteiger partial charge in [0.25, 0.3) is 5.91 Å². The van der Waals surface area contributed by atoms with Crippen molar-refractivity contribution in [2.24, 2.45) is 0 Å². The lowest BCUT2D eigenvalue weighted by molar-refractivity contribution is 0.0925. The van der Waals surface area contributed by atoms with Crippen LogP contribution in [0.3, 0.4) is 0 Å². The zero-order valence-corrected chi connectivity index (χ0v) is 13.3. The molecule has 2 unspecified atom stereocenters. The lowest BCUT2D eigenvalue weighted by Crippen LogP contribution is -2.46. The van der Waals surface area contributed by atoms with E-state index in [-0.39, 0.29) is 11.9 Å². The molecular weight excluding hydrogens is 276 g/mol. The van der Waals surface area contributed by atoms with E-state index in [0.29, 0.717) is 17.7 Å². The molecule has 3 rings (SSSR count). The van der Waals surface area contributed by atoms with E-state index in [0.717, 1.165) is 38.0 Å². The fourth-order valence-corrected chi connectivity index (χ4v) is 3.44. The number of carbonyl (C=O) groups is 1. The van der Waals surface area contributed by atoms with Crippen LogP contribution < -0.4 is 15.4 Å². The van der Waals surface area contributed by atoms with Crippen molar-refractivity contribution in [1.29, 1.82) is 0 Å². The summed E-state index contributed by atoms with van der Waals surface area (Å²) in [5.74, 6) is 0.828. The Morgan fingerprint density at radius 3 is 2.86 bits per heavy atom. The Morgan fingerprint density at radius 1 is 1.27 bits per heavy atom. The van der Waals surface area contributed by atoms with Crippen molar-refractivity contribution < 1.29 is 9.53 Å². The summed E-state index contributed by atoms with van der Waals surface area (Å²) < 4.78 is 5.98. The van der Waals surface area contributed by atoms with Crippen LogP contribution in [0.4, 0.5) is 0 Å². The van der Waals surface area contributed by atoms with Gasteiger partial charge >= 0.3 is 0 Å². The van der Waals surface area contributed by atoms with Crippen molar-refractivity contribution in [3.8, 4) is 5.75 Å². The minimum absolute atomic E-state index is 0.0102. The van der Waals surface area contributed by atoms with Crippen molar-refractivity contribution in [3.05, 3.63) is 29.8 Å². The predicted octanol–water partition coefficient (Wildman–Crippen LogP) is 2.88. The number of benzene rings is 1. The minimum Gasteiger partial charge on any atom is -0.490 e. The molecule has 1 aliphatic heterocycles. The molecule has 1 heterocycles. The quantitative estimate of drug-likeness (QED) is 0.899. The molecule has 120 valence electrons. The molecule has 1 saturated heterocycles. The first-order valence-electron chi connectivity index (χ1n) is 8.51. The van der Waals surface area contributed by atoms with Gasteiger partial charge < -0.3 is 15.4 Å². The predicted molar refractivity (Wildman–Crippen MR) is 87.3 cm³/mol. The zero-order valence-electron chi connectivity index (χ0n) is 13.3. The fraction of sp³-hybridized carbons (Fsp3) is 0.611. The van der Waals surface area contributed by atoms with Gasteiger partial charge in [0.1, 0.15) is 5.75 Å². The lowest BCUT2D eigenvalue weighted by atomic mass is 10.0. The van der Waals surface area contributed by atoms with Gasteiger partial charge in [-0.25, -0.2) is 0 Å². The standard InChI is InChI=1S/C18H26N2O2/c1-13-11-15(9-10-19-13)20-18(21)14-5-4-8-17(12-14)22-16-6-2-3-7-16/h4-5,8,12-13,15-16,19H,2-3,6-7,9-11H2,1H3,(H,20,21). The molecule has 1 aliphatic carbocycles. The maximum Gasteiger partial charge on any atom is 0.251 e. The molecule has 22 heavy (non-hydrogen) atoms. The second-order valence-electron chi connectivity index (χ2n) is 6.60. The highest BCUT2D eigenvalue weighted by molar-refractivity contribution is 5.94. The minimum atomic E-state index is 0.0102. The topological polar surface area (TPSA) is 50.4 Å². The van der Waals surface area contributed by atoms with Crippen LogP contribution >= 0.6 is 0 Å². The van der Waals surface area contributed by atoms with E-state index in [1.54, 1.807) is 0 Å². The molecule has 2 atom stereocenters. The van der Waals surface area contributed by atoms with E-state index in [1.807, 2.05) is 24.3 Å². The van der Waals surface area contributed by atoms with Gasteiger partial charge in [0, 0.05) is 17.6 Å². The van der Waals surface area contributed by atoms with Crippen molar-refractivity contribution in [1.82, 2.24) is 10.6 Å². The summed E-state index contributed by atoms with van der Waals surface area (Å²) in [6, 6.07) is 8.32. The molecule has 1 aromatic rings. The van der Waals surface area contributed by atoms with Gasteiger partial charge in [-0.05, 0) is 70.2 Å². The summed E-state index contributed by atoms with van der Waals surface area (Å²) in [4.78, 5) is 12.4. The highest BCUT2D eigenvalue weighted by Crippen LogP contribution is 2.24. The smallest absolute Gasteiger partial charge is 0.251 e. The molecule has 1 amide bonds. The zero-order chi connectivity index (χ0) is 15.4. The van der Waals surface area contributed by atoms with Crippen LogP contribution in [0.5, 0.6) is 5.75 Å². The van der Waals surface area contributed by atoms with Crippen LogP contribution in [-0.2, 0) is 0 Å². The summed E-state index contributed by atoms with van der Waals surface area (Å²) in [6.07, 6.45) is 7.06. The Balaban J connectivity index is 1.59. The van der Waals surface area contributed by atoms with Crippen LogP contribution in [0.1, 0.15) is 55.8 Å². The van der Waals surface area contributed by atoms with E-state index in [4.69, 9.17) is 4.74 Å². The average molecular weight is 302 g/mol. The number of hydrogen-bond donors (Lipinski definition) is 2. The first-order valence-corrected chi connectivity index (χ1v) is 8.51. The van der Waals surface area contributed by atoms with E-state index in [9.17, 15) is 4.79 Å². The summed E-state index contributed by atoms with van der Waals surface area (Å²) in [5.41, 5.74) is 0.696. The number of carbonyl (C=O) groups excluding carboxylic acids is 1. The van der Waals surface area contributed by atoms with Gasteiger partial charge in [0.05, 0.1) is 6.10 Å². The summed E-state index contributed by atoms with van der Waals surface area (Å²) in [6.45, 7) is 3.13. The first kappa shape index (κ1) is 15.3. The highest BCUT2D eigenvalue weighted by atomic mass is 16.5. The van der Waals surface area contributed by atoms with Gasteiger partial charge in [-0.15, -0.1) is 0 Å². The van der Waals surface area contributed by atoms with Crippen molar-refractivity contribution >= 4 is 5.91 Å². The van der Waals surface area contributed by atoms with E-state index in [1.165, 1.54) is 12.8 Å². The van der Waals surface area contributed by atoms with Crippen LogP contribution in [-0.4, -0.2) is 30.6 Å². The molecule has 0 aromatic heterocycles. The number of ether oxygens (including phenoxy) is 1. The molecule has 2 N–H and O–H groups in total. The highest BCUT2D eigenvalue weighted by Gasteiger charge is 2.21. The van der Waals surface area contributed by atoms with Crippen LogP contribution in [0, 0.1) is 0 Å². The Bertz CT molecular complexity index is 512. The molecule has 4 heteroatoms. The number of nitrogens with one attached hydrogen (secondary N) is 2. The van der Waals surface area contributed by atoms with Crippen molar-refractivity contribution in [3.63, 3.8) is 0 Å². The second kappa shape index (κ2) is 7.14. The third kappa shape index (κ3) is 4.01. The second-order valence-corrected chi connectivity index (χ2v) is 6.60. The largest absolute Gasteiger partial charge is 0.490 e. The van der Waals surface area contributed by atoms with Gasteiger partial charge in [0.2, 0.25) is 0 Å². The molecule has 0 bridgehead atoms. The third-order valence-corrected chi connectivity index (χ3v) is 4.66. The number of piperidine rings is 1. The summed E-state index contributed by atoms with van der Waals surface area (Å²) in [7, 11) is 0. The first-order chi connectivity index (χ1) is 10.7. The molecule has 4 nitrogen and oxygen atoms in total.